The first-order chi connectivity index (χ1) is 9.92. The summed E-state index contributed by atoms with van der Waals surface area (Å²) in [6.45, 7) is 8.29. The minimum absolute atomic E-state index is 0.282. The maximum atomic E-state index is 4.67. The summed E-state index contributed by atoms with van der Waals surface area (Å²) in [5.74, 6) is 2.83. The Morgan fingerprint density at radius 2 is 1.76 bits per heavy atom. The number of anilines is 3. The van der Waals surface area contributed by atoms with Crippen molar-refractivity contribution < 1.29 is 0 Å². The maximum Gasteiger partial charge on any atom is 0.139 e. The number of benzene rings is 1. The van der Waals surface area contributed by atoms with Crippen molar-refractivity contribution in [2.75, 3.05) is 17.7 Å². The van der Waals surface area contributed by atoms with Crippen LogP contribution < -0.4 is 10.6 Å². The number of aryl methyl sites for hydroxylation is 1. The minimum atomic E-state index is 0.282. The molecule has 5 heteroatoms. The molecule has 0 saturated carbocycles. The Labute approximate surface area is 134 Å². The average Bonchev–Trinajstić information content (AvgIpc) is 2.43. The molecule has 2 rings (SSSR count). The van der Waals surface area contributed by atoms with E-state index in [0.29, 0.717) is 0 Å². The van der Waals surface area contributed by atoms with Crippen LogP contribution in [0, 0.1) is 13.8 Å². The third-order valence-corrected chi connectivity index (χ3v) is 3.85. The summed E-state index contributed by atoms with van der Waals surface area (Å²) in [6.07, 6.45) is 0. The van der Waals surface area contributed by atoms with Gasteiger partial charge in [0.25, 0.3) is 0 Å². The van der Waals surface area contributed by atoms with E-state index in [1.54, 1.807) is 0 Å². The highest BCUT2D eigenvalue weighted by atomic mass is 79.9. The largest absolute Gasteiger partial charge is 0.373 e. The molecule has 2 N–H and O–H groups in total. The zero-order valence-corrected chi connectivity index (χ0v) is 14.7. The van der Waals surface area contributed by atoms with Crippen LogP contribution in [0.5, 0.6) is 0 Å². The van der Waals surface area contributed by atoms with Crippen LogP contribution in [0.25, 0.3) is 0 Å². The molecule has 0 saturated heterocycles. The van der Waals surface area contributed by atoms with Gasteiger partial charge < -0.3 is 10.6 Å². The van der Waals surface area contributed by atoms with Crippen LogP contribution >= 0.6 is 15.9 Å². The van der Waals surface area contributed by atoms with Crippen LogP contribution in [0.1, 0.15) is 36.7 Å². The highest BCUT2D eigenvalue weighted by Gasteiger charge is 2.13. The van der Waals surface area contributed by atoms with Crippen molar-refractivity contribution >= 4 is 33.3 Å². The van der Waals surface area contributed by atoms with Gasteiger partial charge in [0.1, 0.15) is 17.5 Å². The average molecular weight is 349 g/mol. The van der Waals surface area contributed by atoms with E-state index in [9.17, 15) is 0 Å². The number of rotatable bonds is 4. The van der Waals surface area contributed by atoms with Crippen LogP contribution in [0.4, 0.5) is 17.3 Å². The zero-order chi connectivity index (χ0) is 15.6. The molecule has 0 fully saturated rings. The van der Waals surface area contributed by atoms with Gasteiger partial charge in [-0.3, -0.25) is 0 Å². The molecule has 1 heterocycles. The van der Waals surface area contributed by atoms with E-state index in [1.165, 1.54) is 5.56 Å². The van der Waals surface area contributed by atoms with Gasteiger partial charge >= 0.3 is 0 Å². The van der Waals surface area contributed by atoms with E-state index in [2.05, 4.69) is 69.4 Å². The van der Waals surface area contributed by atoms with Crippen molar-refractivity contribution in [2.45, 2.75) is 33.6 Å². The summed E-state index contributed by atoms with van der Waals surface area (Å²) in [4.78, 5) is 9.22. The lowest BCUT2D eigenvalue weighted by Crippen LogP contribution is -2.08. The first kappa shape index (κ1) is 15.8. The molecular weight excluding hydrogens is 328 g/mol. The fraction of sp³-hybridized carbons (Fsp3) is 0.375. The lowest BCUT2D eigenvalue weighted by molar-refractivity contribution is 0.775. The van der Waals surface area contributed by atoms with E-state index in [-0.39, 0.29) is 5.92 Å². The van der Waals surface area contributed by atoms with Crippen molar-refractivity contribution in [2.24, 2.45) is 0 Å². The molecule has 4 nitrogen and oxygen atoms in total. The molecule has 0 aliphatic carbocycles. The molecule has 2 aromatic rings. The predicted octanol–water partition coefficient (Wildman–Crippen LogP) is 4.76. The van der Waals surface area contributed by atoms with E-state index >= 15 is 0 Å². The molecule has 0 atom stereocenters. The van der Waals surface area contributed by atoms with Crippen molar-refractivity contribution in [3.05, 3.63) is 39.6 Å². The smallest absolute Gasteiger partial charge is 0.139 e. The molecule has 112 valence electrons. The first-order valence-corrected chi connectivity index (χ1v) is 7.81. The predicted molar refractivity (Wildman–Crippen MR) is 92.6 cm³/mol. The number of aromatic nitrogens is 2. The highest BCUT2D eigenvalue weighted by Crippen LogP contribution is 2.28. The van der Waals surface area contributed by atoms with E-state index in [1.807, 2.05) is 20.0 Å². The van der Waals surface area contributed by atoms with Gasteiger partial charge in [-0.1, -0.05) is 29.8 Å². The molecule has 0 unspecified atom stereocenters. The highest BCUT2D eigenvalue weighted by molar-refractivity contribution is 9.10. The second-order valence-corrected chi connectivity index (χ2v) is 6.31. The third kappa shape index (κ3) is 3.53. The fourth-order valence-corrected chi connectivity index (χ4v) is 2.53. The standard InChI is InChI=1S/C16H21BrN4/c1-9(2)14-20-15(18-5)11(4)16(21-14)19-13-7-6-12(17)8-10(13)3/h6-9H,1-5H3,(H2,18,19,20,21). The Kier molecular flexibility index (Phi) is 4.83. The summed E-state index contributed by atoms with van der Waals surface area (Å²) in [5, 5.41) is 6.57. The van der Waals surface area contributed by atoms with Gasteiger partial charge in [0.2, 0.25) is 0 Å². The van der Waals surface area contributed by atoms with Crippen LogP contribution in [0.2, 0.25) is 0 Å². The van der Waals surface area contributed by atoms with Gasteiger partial charge in [0.15, 0.2) is 0 Å². The Bertz CT molecular complexity index is 653. The molecule has 0 aliphatic rings. The van der Waals surface area contributed by atoms with Gasteiger partial charge in [-0.05, 0) is 37.6 Å². The number of hydrogen-bond donors (Lipinski definition) is 2. The first-order valence-electron chi connectivity index (χ1n) is 7.01. The molecule has 0 radical (unpaired) electrons. The molecular formula is C16H21BrN4. The van der Waals surface area contributed by atoms with Gasteiger partial charge in [-0.15, -0.1) is 0 Å². The molecule has 1 aromatic heterocycles. The van der Waals surface area contributed by atoms with Crippen LogP contribution in [0.3, 0.4) is 0 Å². The van der Waals surface area contributed by atoms with Gasteiger partial charge in [0.05, 0.1) is 0 Å². The van der Waals surface area contributed by atoms with Crippen LogP contribution in [0.15, 0.2) is 22.7 Å². The quantitative estimate of drug-likeness (QED) is 0.835. The van der Waals surface area contributed by atoms with Crippen LogP contribution in [-0.2, 0) is 0 Å². The van der Waals surface area contributed by atoms with Crippen molar-refractivity contribution in [1.29, 1.82) is 0 Å². The number of hydrogen-bond acceptors (Lipinski definition) is 4. The summed E-state index contributed by atoms with van der Waals surface area (Å²) < 4.78 is 1.07. The van der Waals surface area contributed by atoms with Crippen LogP contribution in [-0.4, -0.2) is 17.0 Å². The summed E-state index contributed by atoms with van der Waals surface area (Å²) in [5.41, 5.74) is 3.24. The van der Waals surface area contributed by atoms with Crippen molar-refractivity contribution in [3.63, 3.8) is 0 Å². The van der Waals surface area contributed by atoms with Gasteiger partial charge in [0, 0.05) is 28.7 Å². The Balaban J connectivity index is 2.45. The fourth-order valence-electron chi connectivity index (χ4n) is 2.05. The minimum Gasteiger partial charge on any atom is -0.373 e. The Morgan fingerprint density at radius 1 is 1.10 bits per heavy atom. The monoisotopic (exact) mass is 348 g/mol. The third-order valence-electron chi connectivity index (χ3n) is 3.36. The van der Waals surface area contributed by atoms with Crippen molar-refractivity contribution in [1.82, 2.24) is 9.97 Å². The zero-order valence-electron chi connectivity index (χ0n) is 13.1. The van der Waals surface area contributed by atoms with E-state index < -0.39 is 0 Å². The van der Waals surface area contributed by atoms with E-state index in [4.69, 9.17) is 0 Å². The summed E-state index contributed by atoms with van der Waals surface area (Å²) in [6, 6.07) is 6.16. The second-order valence-electron chi connectivity index (χ2n) is 5.39. The lowest BCUT2D eigenvalue weighted by atomic mass is 10.1. The topological polar surface area (TPSA) is 49.8 Å². The molecule has 0 spiro atoms. The van der Waals surface area contributed by atoms with Gasteiger partial charge in [-0.2, -0.15) is 0 Å². The normalized spacial score (nSPS) is 10.8. The Hall–Kier alpha value is -1.62. The molecule has 1 aromatic carbocycles. The van der Waals surface area contributed by atoms with Crippen molar-refractivity contribution in [3.8, 4) is 0 Å². The molecule has 21 heavy (non-hydrogen) atoms. The van der Waals surface area contributed by atoms with E-state index in [0.717, 1.165) is 33.2 Å². The number of nitrogens with one attached hydrogen (secondary N) is 2. The number of nitrogens with zero attached hydrogens (tertiary/aromatic N) is 2. The second kappa shape index (κ2) is 6.43. The van der Waals surface area contributed by atoms with Gasteiger partial charge in [-0.25, -0.2) is 9.97 Å². The molecule has 0 amide bonds. The lowest BCUT2D eigenvalue weighted by Gasteiger charge is -2.16. The maximum absolute atomic E-state index is 4.67. The Morgan fingerprint density at radius 3 is 2.33 bits per heavy atom. The summed E-state index contributed by atoms with van der Waals surface area (Å²) in [7, 11) is 1.88. The summed E-state index contributed by atoms with van der Waals surface area (Å²) >= 11 is 3.49. The molecule has 0 bridgehead atoms. The SMILES string of the molecule is CNc1nc(C(C)C)nc(Nc2ccc(Br)cc2C)c1C. The molecule has 0 aliphatic heterocycles. The number of halogens is 1.